The Morgan fingerprint density at radius 2 is 1.25 bits per heavy atom. The first-order valence-corrected chi connectivity index (χ1v) is 7.56. The van der Waals surface area contributed by atoms with Gasteiger partial charge >= 0.3 is 0 Å². The molecule has 0 unspecified atom stereocenters. The molecule has 1 heteroatoms. The molecule has 20 heavy (non-hydrogen) atoms. The fourth-order valence-electron chi connectivity index (χ4n) is 5.04. The summed E-state index contributed by atoms with van der Waals surface area (Å²) in [6, 6.07) is 17.6. The van der Waals surface area contributed by atoms with E-state index in [0.717, 1.165) is 12.8 Å². The van der Waals surface area contributed by atoms with Crippen LogP contribution in [0, 0.1) is 11.8 Å². The highest BCUT2D eigenvalue weighted by Gasteiger charge is 2.54. The van der Waals surface area contributed by atoms with E-state index in [2.05, 4.69) is 48.5 Å². The molecule has 4 aliphatic rings. The minimum absolute atomic E-state index is 0.241. The third-order valence-corrected chi connectivity index (χ3v) is 5.68. The fraction of sp³-hybridized carbons (Fsp3) is 0.316. The molecule has 1 saturated carbocycles. The summed E-state index contributed by atoms with van der Waals surface area (Å²) in [7, 11) is 0. The van der Waals surface area contributed by atoms with Gasteiger partial charge in [0.05, 0.1) is 0 Å². The van der Waals surface area contributed by atoms with Crippen LogP contribution in [0.1, 0.15) is 46.9 Å². The minimum atomic E-state index is 0.241. The number of hydrogen-bond donors (Lipinski definition) is 0. The molecular weight excluding hydrogens is 244 g/mol. The van der Waals surface area contributed by atoms with Gasteiger partial charge in [-0.15, -0.1) is 0 Å². The summed E-state index contributed by atoms with van der Waals surface area (Å²) in [6.45, 7) is 0. The highest BCUT2D eigenvalue weighted by atomic mass is 16.1. The van der Waals surface area contributed by atoms with Crippen molar-refractivity contribution in [3.05, 3.63) is 70.8 Å². The van der Waals surface area contributed by atoms with Crippen LogP contribution in [-0.4, -0.2) is 5.78 Å². The molecule has 0 aromatic heterocycles. The maximum absolute atomic E-state index is 12.4. The van der Waals surface area contributed by atoms with E-state index in [9.17, 15) is 4.79 Å². The molecule has 0 aliphatic heterocycles. The normalized spacial score (nSPS) is 32.7. The van der Waals surface area contributed by atoms with Gasteiger partial charge in [0.25, 0.3) is 0 Å². The molecule has 0 spiro atoms. The van der Waals surface area contributed by atoms with Crippen molar-refractivity contribution >= 4 is 5.78 Å². The summed E-state index contributed by atoms with van der Waals surface area (Å²) >= 11 is 0. The number of carbonyl (C=O) groups is 1. The van der Waals surface area contributed by atoms with Crippen LogP contribution in [0.4, 0.5) is 0 Å². The third kappa shape index (κ3) is 1.13. The maximum atomic E-state index is 12.4. The second-order valence-corrected chi connectivity index (χ2v) is 6.41. The van der Waals surface area contributed by atoms with Crippen molar-refractivity contribution in [3.8, 4) is 0 Å². The van der Waals surface area contributed by atoms with Gasteiger partial charge in [-0.2, -0.15) is 0 Å². The predicted octanol–water partition coefficient (Wildman–Crippen LogP) is 3.87. The average Bonchev–Trinajstić information content (AvgIpc) is 2.90. The van der Waals surface area contributed by atoms with Gasteiger partial charge < -0.3 is 0 Å². The molecule has 2 bridgehead atoms. The molecule has 1 fully saturated rings. The lowest BCUT2D eigenvalue weighted by Crippen LogP contribution is -2.39. The lowest BCUT2D eigenvalue weighted by atomic mass is 9.55. The van der Waals surface area contributed by atoms with Crippen molar-refractivity contribution in [2.75, 3.05) is 0 Å². The Morgan fingerprint density at radius 3 is 1.80 bits per heavy atom. The smallest absolute Gasteiger partial charge is 0.137 e. The summed E-state index contributed by atoms with van der Waals surface area (Å²) in [5.74, 6) is 2.03. The van der Waals surface area contributed by atoms with Crippen molar-refractivity contribution < 1.29 is 4.79 Å². The summed E-state index contributed by atoms with van der Waals surface area (Å²) in [6.07, 6.45) is 1.86. The summed E-state index contributed by atoms with van der Waals surface area (Å²) in [4.78, 5) is 12.4. The fourth-order valence-corrected chi connectivity index (χ4v) is 5.04. The summed E-state index contributed by atoms with van der Waals surface area (Å²) in [5.41, 5.74) is 5.78. The van der Waals surface area contributed by atoms with Gasteiger partial charge in [-0.25, -0.2) is 0 Å². The Hall–Kier alpha value is -1.89. The molecule has 0 radical (unpaired) electrons. The first-order chi connectivity index (χ1) is 9.86. The van der Waals surface area contributed by atoms with Crippen LogP contribution in [0.2, 0.25) is 0 Å². The van der Waals surface area contributed by atoms with E-state index in [0.29, 0.717) is 23.5 Å². The zero-order chi connectivity index (χ0) is 13.3. The van der Waals surface area contributed by atoms with E-state index in [1.54, 1.807) is 0 Å². The number of carbonyl (C=O) groups excluding carboxylic acids is 1. The molecule has 0 saturated heterocycles. The summed E-state index contributed by atoms with van der Waals surface area (Å²) in [5, 5.41) is 0. The monoisotopic (exact) mass is 260 g/mol. The Balaban J connectivity index is 1.86. The van der Waals surface area contributed by atoms with E-state index >= 15 is 0 Å². The van der Waals surface area contributed by atoms with Crippen molar-refractivity contribution in [1.29, 1.82) is 0 Å². The molecule has 2 atom stereocenters. The highest BCUT2D eigenvalue weighted by Crippen LogP contribution is 2.61. The van der Waals surface area contributed by atoms with Crippen molar-refractivity contribution in [2.24, 2.45) is 11.8 Å². The van der Waals surface area contributed by atoms with Crippen LogP contribution in [0.25, 0.3) is 0 Å². The van der Waals surface area contributed by atoms with Gasteiger partial charge in [0, 0.05) is 24.2 Å². The predicted molar refractivity (Wildman–Crippen MR) is 77.8 cm³/mol. The van der Waals surface area contributed by atoms with E-state index < -0.39 is 0 Å². The van der Waals surface area contributed by atoms with Crippen molar-refractivity contribution in [2.45, 2.75) is 24.7 Å². The SMILES string of the molecule is O=C1CC[C@H]2C3c4ccccc4C(c4ccccc43)[C@@H]12. The highest BCUT2D eigenvalue weighted by molar-refractivity contribution is 5.87. The number of ketones is 1. The molecule has 0 heterocycles. The second-order valence-electron chi connectivity index (χ2n) is 6.41. The topological polar surface area (TPSA) is 17.1 Å². The Kier molecular flexibility index (Phi) is 1.95. The van der Waals surface area contributed by atoms with Crippen LogP contribution in [0.15, 0.2) is 48.5 Å². The van der Waals surface area contributed by atoms with E-state index in [1.165, 1.54) is 22.3 Å². The molecule has 2 aromatic rings. The zero-order valence-corrected chi connectivity index (χ0v) is 11.3. The quantitative estimate of drug-likeness (QED) is 0.702. The Morgan fingerprint density at radius 1 is 0.750 bits per heavy atom. The number of rotatable bonds is 0. The van der Waals surface area contributed by atoms with Crippen LogP contribution in [0.5, 0.6) is 0 Å². The van der Waals surface area contributed by atoms with Gasteiger partial charge in [-0.05, 0) is 34.6 Å². The molecule has 98 valence electrons. The van der Waals surface area contributed by atoms with Gasteiger partial charge in [0.15, 0.2) is 0 Å². The lowest BCUT2D eigenvalue weighted by Gasteiger charge is -2.47. The third-order valence-electron chi connectivity index (χ3n) is 5.68. The van der Waals surface area contributed by atoms with Gasteiger partial charge in [-0.1, -0.05) is 48.5 Å². The lowest BCUT2D eigenvalue weighted by molar-refractivity contribution is -0.122. The molecule has 0 N–H and O–H groups in total. The minimum Gasteiger partial charge on any atom is -0.299 e. The average molecular weight is 260 g/mol. The van der Waals surface area contributed by atoms with Gasteiger partial charge in [0.1, 0.15) is 5.78 Å². The van der Waals surface area contributed by atoms with Crippen molar-refractivity contribution in [3.63, 3.8) is 0 Å². The zero-order valence-electron chi connectivity index (χ0n) is 11.3. The molecule has 0 amide bonds. The first kappa shape index (κ1) is 10.8. The van der Waals surface area contributed by atoms with Crippen LogP contribution in [-0.2, 0) is 4.79 Å². The van der Waals surface area contributed by atoms with Crippen LogP contribution < -0.4 is 0 Å². The largest absolute Gasteiger partial charge is 0.299 e. The standard InChI is InChI=1S/C19H16O/c20-16-10-9-15-17-11-5-1-3-7-13(11)18(19(15)16)14-8-4-2-6-12(14)17/h1-8,15,17-19H,9-10H2/t15-,17?,18?,19+/m0/s1. The number of Topliss-reactive ketones (excluding diaryl/α,β-unsaturated/α-hetero) is 1. The van der Waals surface area contributed by atoms with E-state index in [1.807, 2.05) is 0 Å². The van der Waals surface area contributed by atoms with Gasteiger partial charge in [0.2, 0.25) is 0 Å². The molecule has 6 rings (SSSR count). The van der Waals surface area contributed by atoms with Crippen molar-refractivity contribution in [1.82, 2.24) is 0 Å². The first-order valence-electron chi connectivity index (χ1n) is 7.56. The Bertz CT molecular complexity index is 683. The van der Waals surface area contributed by atoms with Crippen LogP contribution in [0.3, 0.4) is 0 Å². The molecule has 2 aromatic carbocycles. The molecular formula is C19H16O. The number of benzene rings is 2. The van der Waals surface area contributed by atoms with E-state index in [-0.39, 0.29) is 5.92 Å². The second kappa shape index (κ2) is 3.60. The maximum Gasteiger partial charge on any atom is 0.137 e. The van der Waals surface area contributed by atoms with E-state index in [4.69, 9.17) is 0 Å². The van der Waals surface area contributed by atoms with Crippen LogP contribution >= 0.6 is 0 Å². The summed E-state index contributed by atoms with van der Waals surface area (Å²) < 4.78 is 0. The molecule has 4 aliphatic carbocycles. The Labute approximate surface area is 118 Å². The number of hydrogen-bond acceptors (Lipinski definition) is 1. The van der Waals surface area contributed by atoms with Gasteiger partial charge in [-0.3, -0.25) is 4.79 Å². The molecule has 1 nitrogen and oxygen atoms in total.